The number of nitriles is 1. The lowest BCUT2D eigenvalue weighted by Crippen LogP contribution is -2.62. The Morgan fingerprint density at radius 3 is 2.95 bits per heavy atom. The van der Waals surface area contributed by atoms with E-state index < -0.39 is 11.0 Å². The number of hydrogen-bond acceptors (Lipinski definition) is 3. The molecule has 2 N–H and O–H groups in total. The molecule has 3 heteroatoms. The van der Waals surface area contributed by atoms with Crippen LogP contribution < -0.4 is 5.32 Å². The van der Waals surface area contributed by atoms with E-state index in [2.05, 4.69) is 30.4 Å². The van der Waals surface area contributed by atoms with E-state index in [1.807, 2.05) is 12.1 Å². The number of hydrogen-bond donors (Lipinski definition) is 2. The van der Waals surface area contributed by atoms with Gasteiger partial charge in [-0.1, -0.05) is 31.2 Å². The first-order valence-corrected chi connectivity index (χ1v) is 8.10. The monoisotopic (exact) mass is 284 g/mol. The number of aliphatic hydroxyl groups is 1. The predicted molar refractivity (Wildman–Crippen MR) is 82.9 cm³/mol. The highest BCUT2D eigenvalue weighted by molar-refractivity contribution is 5.45. The van der Waals surface area contributed by atoms with Crippen LogP contribution in [-0.4, -0.2) is 23.8 Å². The molecule has 1 saturated heterocycles. The Bertz CT molecular complexity index is 565. The molecule has 1 aromatic rings. The highest BCUT2D eigenvalue weighted by atomic mass is 16.3. The highest BCUT2D eigenvalue weighted by Crippen LogP contribution is 2.50. The van der Waals surface area contributed by atoms with E-state index in [9.17, 15) is 10.4 Å². The summed E-state index contributed by atoms with van der Waals surface area (Å²) in [5.74, 6) is 0.136. The number of rotatable bonds is 2. The van der Waals surface area contributed by atoms with Crippen molar-refractivity contribution in [3.05, 3.63) is 35.4 Å². The summed E-state index contributed by atoms with van der Waals surface area (Å²) in [6.45, 7) is 3.71. The number of benzene rings is 1. The van der Waals surface area contributed by atoms with Crippen molar-refractivity contribution in [1.82, 2.24) is 5.32 Å². The summed E-state index contributed by atoms with van der Waals surface area (Å²) in [5, 5.41) is 25.1. The van der Waals surface area contributed by atoms with Crippen LogP contribution in [0.25, 0.3) is 0 Å². The van der Waals surface area contributed by atoms with Crippen molar-refractivity contribution < 1.29 is 5.11 Å². The van der Waals surface area contributed by atoms with Crippen molar-refractivity contribution in [2.75, 3.05) is 13.1 Å². The number of piperidine rings is 1. The summed E-state index contributed by atoms with van der Waals surface area (Å²) < 4.78 is 0. The van der Waals surface area contributed by atoms with Crippen LogP contribution in [0.15, 0.2) is 24.3 Å². The molecule has 0 saturated carbocycles. The molecule has 3 unspecified atom stereocenters. The van der Waals surface area contributed by atoms with Crippen LogP contribution in [0.3, 0.4) is 0 Å². The molecule has 0 amide bonds. The van der Waals surface area contributed by atoms with Gasteiger partial charge in [-0.2, -0.15) is 5.26 Å². The van der Waals surface area contributed by atoms with Crippen LogP contribution in [0.2, 0.25) is 0 Å². The van der Waals surface area contributed by atoms with Gasteiger partial charge in [0.2, 0.25) is 0 Å². The lowest BCUT2D eigenvalue weighted by atomic mass is 9.55. The fourth-order valence-electron chi connectivity index (χ4n) is 4.47. The van der Waals surface area contributed by atoms with Crippen molar-refractivity contribution in [3.8, 4) is 6.07 Å². The zero-order chi connectivity index (χ0) is 14.9. The summed E-state index contributed by atoms with van der Waals surface area (Å²) in [4.78, 5) is 0. The highest BCUT2D eigenvalue weighted by Gasteiger charge is 2.57. The van der Waals surface area contributed by atoms with Crippen LogP contribution in [-0.2, 0) is 11.8 Å². The molecule has 1 aliphatic carbocycles. The van der Waals surface area contributed by atoms with E-state index in [1.54, 1.807) is 0 Å². The van der Waals surface area contributed by atoms with Crippen molar-refractivity contribution in [1.29, 1.82) is 5.26 Å². The third kappa shape index (κ3) is 2.01. The maximum absolute atomic E-state index is 11.6. The molecular weight excluding hydrogens is 260 g/mol. The second-order valence-corrected chi connectivity index (χ2v) is 6.51. The molecule has 3 rings (SSSR count). The molecule has 1 aromatic carbocycles. The molecule has 1 aliphatic heterocycles. The van der Waals surface area contributed by atoms with Gasteiger partial charge in [-0.05, 0) is 49.8 Å². The third-order valence-corrected chi connectivity index (χ3v) is 5.65. The van der Waals surface area contributed by atoms with Gasteiger partial charge in [0.05, 0.1) is 11.7 Å². The van der Waals surface area contributed by atoms with Gasteiger partial charge >= 0.3 is 0 Å². The lowest BCUT2D eigenvalue weighted by molar-refractivity contribution is -0.0932. The Morgan fingerprint density at radius 2 is 2.19 bits per heavy atom. The average molecular weight is 284 g/mol. The van der Waals surface area contributed by atoms with E-state index in [0.29, 0.717) is 6.42 Å². The molecule has 2 aliphatic rings. The zero-order valence-electron chi connectivity index (χ0n) is 12.7. The van der Waals surface area contributed by atoms with E-state index in [1.165, 1.54) is 5.56 Å². The minimum Gasteiger partial charge on any atom is -0.387 e. The summed E-state index contributed by atoms with van der Waals surface area (Å²) >= 11 is 0. The fourth-order valence-corrected chi connectivity index (χ4v) is 4.47. The Hall–Kier alpha value is -1.37. The van der Waals surface area contributed by atoms with Gasteiger partial charge in [0.25, 0.3) is 0 Å². The largest absolute Gasteiger partial charge is 0.387 e. The van der Waals surface area contributed by atoms with Crippen molar-refractivity contribution in [2.45, 2.75) is 50.0 Å². The third-order valence-electron chi connectivity index (χ3n) is 5.65. The molecular formula is C18H24N2O. The summed E-state index contributed by atoms with van der Waals surface area (Å²) in [6.07, 6.45) is 4.33. The molecule has 1 fully saturated rings. The second-order valence-electron chi connectivity index (χ2n) is 6.51. The number of fused-ring (bicyclic) bond motifs is 1. The van der Waals surface area contributed by atoms with Crippen molar-refractivity contribution in [3.63, 3.8) is 0 Å². The molecule has 0 radical (unpaired) electrons. The van der Waals surface area contributed by atoms with Gasteiger partial charge < -0.3 is 10.4 Å². The summed E-state index contributed by atoms with van der Waals surface area (Å²) in [7, 11) is 0. The smallest absolute Gasteiger partial charge is 0.111 e. The van der Waals surface area contributed by atoms with Gasteiger partial charge in [0.1, 0.15) is 5.41 Å². The zero-order valence-corrected chi connectivity index (χ0v) is 12.7. The second kappa shape index (κ2) is 5.44. The minimum atomic E-state index is -0.918. The summed E-state index contributed by atoms with van der Waals surface area (Å²) in [6, 6.07) is 10.8. The number of nitrogens with one attached hydrogen (secondary N) is 1. The number of aryl methyl sites for hydroxylation is 1. The topological polar surface area (TPSA) is 56.0 Å². The Labute approximate surface area is 127 Å². The predicted octanol–water partition coefficient (Wildman–Crippen LogP) is 2.53. The fraction of sp³-hybridized carbons (Fsp3) is 0.611. The maximum atomic E-state index is 11.6. The molecule has 21 heavy (non-hydrogen) atoms. The lowest BCUT2D eigenvalue weighted by Gasteiger charge is -2.52. The Kier molecular flexibility index (Phi) is 3.77. The van der Waals surface area contributed by atoms with Gasteiger partial charge in [-0.15, -0.1) is 0 Å². The maximum Gasteiger partial charge on any atom is 0.111 e. The van der Waals surface area contributed by atoms with E-state index in [-0.39, 0.29) is 5.92 Å². The summed E-state index contributed by atoms with van der Waals surface area (Å²) in [5.41, 5.74) is 0.650. The first kappa shape index (κ1) is 14.6. The quantitative estimate of drug-likeness (QED) is 0.877. The molecule has 0 bridgehead atoms. The van der Waals surface area contributed by atoms with Gasteiger partial charge in [-0.3, -0.25) is 0 Å². The van der Waals surface area contributed by atoms with Gasteiger partial charge in [0.15, 0.2) is 0 Å². The molecule has 0 aromatic heterocycles. The minimum absolute atomic E-state index is 0.136. The van der Waals surface area contributed by atoms with E-state index in [0.717, 1.165) is 44.3 Å². The first-order valence-electron chi connectivity index (χ1n) is 8.10. The van der Waals surface area contributed by atoms with Gasteiger partial charge in [-0.25, -0.2) is 0 Å². The Balaban J connectivity index is 2.15. The van der Waals surface area contributed by atoms with Crippen LogP contribution >= 0.6 is 0 Å². The molecule has 1 heterocycles. The average Bonchev–Trinajstić information content (AvgIpc) is 2.54. The Morgan fingerprint density at radius 1 is 1.38 bits per heavy atom. The van der Waals surface area contributed by atoms with Crippen molar-refractivity contribution >= 4 is 0 Å². The molecule has 0 spiro atoms. The van der Waals surface area contributed by atoms with E-state index in [4.69, 9.17) is 0 Å². The standard InChI is InChI=1S/C18H24N2O/c1-2-15-12-20-11-10-18(15,21)17(13-19)9-5-7-14-6-3-4-8-16(14)17/h3-4,6,8,15,20-21H,2,5,7,9-12H2,1H3. The first-order chi connectivity index (χ1) is 10.2. The van der Waals surface area contributed by atoms with Crippen molar-refractivity contribution in [2.24, 2.45) is 5.92 Å². The van der Waals surface area contributed by atoms with E-state index >= 15 is 0 Å². The van der Waals surface area contributed by atoms with Crippen LogP contribution in [0, 0.1) is 17.2 Å². The molecule has 112 valence electrons. The van der Waals surface area contributed by atoms with Crippen LogP contribution in [0.5, 0.6) is 0 Å². The molecule has 3 atom stereocenters. The van der Waals surface area contributed by atoms with Gasteiger partial charge in [0, 0.05) is 12.5 Å². The molecule has 3 nitrogen and oxygen atoms in total. The SMILES string of the molecule is CCC1CNCCC1(O)C1(C#N)CCCc2ccccc21. The normalized spacial score (nSPS) is 35.8. The van der Waals surface area contributed by atoms with Crippen LogP contribution in [0.1, 0.15) is 43.7 Å². The number of nitrogens with zero attached hydrogens (tertiary/aromatic N) is 1. The van der Waals surface area contributed by atoms with Crippen LogP contribution in [0.4, 0.5) is 0 Å².